The van der Waals surface area contributed by atoms with Crippen LogP contribution < -0.4 is 13.9 Å². The quantitative estimate of drug-likeness (QED) is 0.586. The Morgan fingerprint density at radius 1 is 1.06 bits per heavy atom. The van der Waals surface area contributed by atoms with E-state index in [1.54, 1.807) is 0 Å². The van der Waals surface area contributed by atoms with Crippen LogP contribution in [0.1, 0.15) is 26.7 Å². The Morgan fingerprint density at radius 3 is 2.41 bits per heavy atom. The van der Waals surface area contributed by atoms with Gasteiger partial charge >= 0.3 is 116 Å². The summed E-state index contributed by atoms with van der Waals surface area (Å²) >= 11 is 0.453. The van der Waals surface area contributed by atoms with Gasteiger partial charge in [-0.05, 0) is 0 Å². The molecule has 0 spiro atoms. The van der Waals surface area contributed by atoms with E-state index in [2.05, 4.69) is 26.0 Å². The normalized spacial score (nSPS) is 13.5. The zero-order chi connectivity index (χ0) is 12.1. The molecule has 0 bridgehead atoms. The third-order valence-corrected chi connectivity index (χ3v) is 8.74. The summed E-state index contributed by atoms with van der Waals surface area (Å²) in [5.41, 5.74) is 0. The van der Waals surface area contributed by atoms with Crippen LogP contribution in [0.25, 0.3) is 0 Å². The molecule has 0 unspecified atom stereocenters. The van der Waals surface area contributed by atoms with Crippen molar-refractivity contribution in [3.05, 3.63) is 12.1 Å². The summed E-state index contributed by atoms with van der Waals surface area (Å²) in [7, 11) is 3.75. The maximum absolute atomic E-state index is 5.79. The predicted molar refractivity (Wildman–Crippen MR) is 76.9 cm³/mol. The summed E-state index contributed by atoms with van der Waals surface area (Å²) < 4.78 is 12.9. The Hall–Kier alpha value is 0.0395. The number of hydrogen-bond donors (Lipinski definition) is 0. The molecule has 1 heterocycles. The Labute approximate surface area is 116 Å². The molecule has 0 atom stereocenters. The fourth-order valence-electron chi connectivity index (χ4n) is 1.42. The Kier molecular flexibility index (Phi) is 5.42. The molecular formula is C12H16O2S2Se. The number of benzene rings is 1. The molecule has 1 aliphatic heterocycles. The van der Waals surface area contributed by atoms with Crippen molar-refractivity contribution in [3.63, 3.8) is 0 Å². The average molecular weight is 335 g/mol. The van der Waals surface area contributed by atoms with E-state index in [4.69, 9.17) is 9.47 Å². The zero-order valence-corrected chi connectivity index (χ0v) is 13.4. The van der Waals surface area contributed by atoms with Crippen LogP contribution in [0.15, 0.2) is 17.0 Å². The van der Waals surface area contributed by atoms with Gasteiger partial charge in [0.15, 0.2) is 0 Å². The third kappa shape index (κ3) is 3.28. The molecule has 17 heavy (non-hydrogen) atoms. The molecule has 1 aliphatic rings. The SMILES string of the molecule is CCCOc1ccc(OCCC)c2c1SS[Se]2. The molecule has 2 nitrogen and oxygen atoms in total. The van der Waals surface area contributed by atoms with Gasteiger partial charge in [0.25, 0.3) is 0 Å². The Balaban J connectivity index is 2.19. The van der Waals surface area contributed by atoms with E-state index in [0.29, 0.717) is 13.8 Å². The van der Waals surface area contributed by atoms with Crippen molar-refractivity contribution >= 4 is 38.3 Å². The minimum absolute atomic E-state index is 0.453. The van der Waals surface area contributed by atoms with Crippen LogP contribution in [-0.2, 0) is 0 Å². The predicted octanol–water partition coefficient (Wildman–Crippen LogP) is 3.26. The van der Waals surface area contributed by atoms with Gasteiger partial charge in [-0.2, -0.15) is 0 Å². The van der Waals surface area contributed by atoms with Crippen molar-refractivity contribution in [1.29, 1.82) is 0 Å². The topological polar surface area (TPSA) is 18.5 Å². The molecule has 0 aromatic heterocycles. The van der Waals surface area contributed by atoms with Crippen LogP contribution in [0.2, 0.25) is 0 Å². The molecule has 0 N–H and O–H groups in total. The van der Waals surface area contributed by atoms with Crippen LogP contribution in [-0.4, -0.2) is 27.0 Å². The van der Waals surface area contributed by atoms with Gasteiger partial charge in [0.2, 0.25) is 0 Å². The zero-order valence-electron chi connectivity index (χ0n) is 10.0. The van der Waals surface area contributed by atoms with Crippen molar-refractivity contribution in [1.82, 2.24) is 0 Å². The molecular weight excluding hydrogens is 319 g/mol. The van der Waals surface area contributed by atoms with Crippen LogP contribution >= 0.6 is 20.0 Å². The van der Waals surface area contributed by atoms with Gasteiger partial charge in [-0.15, -0.1) is 0 Å². The first-order valence-corrected chi connectivity index (χ1v) is 10.8. The van der Waals surface area contributed by atoms with Gasteiger partial charge in [-0.25, -0.2) is 0 Å². The molecule has 0 saturated heterocycles. The van der Waals surface area contributed by atoms with E-state index >= 15 is 0 Å². The van der Waals surface area contributed by atoms with Crippen LogP contribution in [0.5, 0.6) is 11.5 Å². The summed E-state index contributed by atoms with van der Waals surface area (Å²) in [6.07, 6.45) is 2.10. The fourth-order valence-corrected chi connectivity index (χ4v) is 8.97. The van der Waals surface area contributed by atoms with Gasteiger partial charge in [0.1, 0.15) is 0 Å². The van der Waals surface area contributed by atoms with Gasteiger partial charge in [-0.1, -0.05) is 0 Å². The second kappa shape index (κ2) is 6.83. The first-order chi connectivity index (χ1) is 8.36. The number of rotatable bonds is 6. The monoisotopic (exact) mass is 336 g/mol. The first-order valence-electron chi connectivity index (χ1n) is 5.80. The van der Waals surface area contributed by atoms with E-state index in [-0.39, 0.29) is 0 Å². The molecule has 0 aliphatic carbocycles. The van der Waals surface area contributed by atoms with Gasteiger partial charge in [-0.3, -0.25) is 0 Å². The third-order valence-electron chi connectivity index (χ3n) is 2.20. The molecule has 1 aromatic carbocycles. The number of fused-ring (bicyclic) bond motifs is 1. The van der Waals surface area contributed by atoms with E-state index in [1.807, 2.05) is 20.0 Å². The van der Waals surface area contributed by atoms with E-state index in [9.17, 15) is 0 Å². The summed E-state index contributed by atoms with van der Waals surface area (Å²) in [6.45, 7) is 5.85. The van der Waals surface area contributed by atoms with E-state index in [0.717, 1.165) is 37.6 Å². The summed E-state index contributed by atoms with van der Waals surface area (Å²) in [5, 5.41) is 0. The second-order valence-electron chi connectivity index (χ2n) is 3.65. The summed E-state index contributed by atoms with van der Waals surface area (Å²) in [4.78, 5) is 1.29. The van der Waals surface area contributed by atoms with E-state index in [1.165, 1.54) is 9.36 Å². The van der Waals surface area contributed by atoms with Gasteiger partial charge < -0.3 is 0 Å². The first kappa shape index (κ1) is 13.5. The van der Waals surface area contributed by atoms with Gasteiger partial charge in [0.05, 0.1) is 0 Å². The molecule has 0 radical (unpaired) electrons. The number of hydrogen-bond acceptors (Lipinski definition) is 4. The van der Waals surface area contributed by atoms with E-state index < -0.39 is 0 Å². The molecule has 94 valence electrons. The fraction of sp³-hybridized carbons (Fsp3) is 0.500. The standard InChI is InChI=1S/C12H16O2S2Se/c1-3-7-13-9-5-6-10(14-8-4-2)12-11(9)15-16-17-12/h5-6H,3-4,7-8H2,1-2H3. The molecule has 0 amide bonds. The molecule has 0 saturated carbocycles. The number of ether oxygens (including phenoxy) is 2. The Bertz CT molecular complexity index is 350. The van der Waals surface area contributed by atoms with Crippen LogP contribution in [0, 0.1) is 0 Å². The molecule has 5 heteroatoms. The van der Waals surface area contributed by atoms with Crippen molar-refractivity contribution < 1.29 is 9.47 Å². The molecule has 0 fully saturated rings. The Morgan fingerprint density at radius 2 is 1.71 bits per heavy atom. The molecule has 1 aromatic rings. The van der Waals surface area contributed by atoms with Gasteiger partial charge in [0, 0.05) is 0 Å². The summed E-state index contributed by atoms with van der Waals surface area (Å²) in [6, 6.07) is 4.11. The maximum atomic E-state index is 5.79. The average Bonchev–Trinajstić information content (AvgIpc) is 2.83. The minimum atomic E-state index is 0.453. The van der Waals surface area contributed by atoms with Crippen LogP contribution in [0.3, 0.4) is 0 Å². The molecule has 2 rings (SSSR count). The van der Waals surface area contributed by atoms with Crippen LogP contribution in [0.4, 0.5) is 0 Å². The van der Waals surface area contributed by atoms with Crippen molar-refractivity contribution in [3.8, 4) is 11.5 Å². The summed E-state index contributed by atoms with van der Waals surface area (Å²) in [5.74, 6) is 2.09. The van der Waals surface area contributed by atoms with Crippen molar-refractivity contribution in [2.75, 3.05) is 13.2 Å². The van der Waals surface area contributed by atoms with Crippen molar-refractivity contribution in [2.45, 2.75) is 31.6 Å². The second-order valence-corrected chi connectivity index (χ2v) is 9.91. The van der Waals surface area contributed by atoms with Crippen molar-refractivity contribution in [2.24, 2.45) is 0 Å².